The molecule has 1 fully saturated rings. The third-order valence-electron chi connectivity index (χ3n) is 6.07. The standard InChI is InChI=1S/C26H27N5O2/c27-14-22-13-19(16-31-11-9-18(17-32)10-12-31)15-29-25(22)20-5-7-21(8-6-20)26(33)30-24-4-2-1-3-23(24)28/h1-8,13,15,18,32H,9-12,16-17,28H2,(H,30,33). The van der Waals surface area contributed by atoms with E-state index in [-0.39, 0.29) is 12.5 Å². The molecule has 0 radical (unpaired) electrons. The van der Waals surface area contributed by atoms with Crippen LogP contribution in [0.5, 0.6) is 0 Å². The predicted octanol–water partition coefficient (Wildman–Crippen LogP) is 3.66. The van der Waals surface area contributed by atoms with Crippen molar-refractivity contribution in [2.24, 2.45) is 5.92 Å². The first kappa shape index (κ1) is 22.5. The van der Waals surface area contributed by atoms with Gasteiger partial charge in [-0.2, -0.15) is 5.26 Å². The summed E-state index contributed by atoms with van der Waals surface area (Å²) < 4.78 is 0. The zero-order chi connectivity index (χ0) is 23.2. The van der Waals surface area contributed by atoms with Crippen LogP contribution in [0.3, 0.4) is 0 Å². The van der Waals surface area contributed by atoms with E-state index in [1.807, 2.05) is 24.4 Å². The van der Waals surface area contributed by atoms with Gasteiger partial charge in [-0.1, -0.05) is 24.3 Å². The molecule has 3 aromatic rings. The van der Waals surface area contributed by atoms with E-state index in [4.69, 9.17) is 5.73 Å². The molecule has 2 aromatic carbocycles. The molecule has 4 rings (SSSR count). The Morgan fingerprint density at radius 2 is 1.91 bits per heavy atom. The quantitative estimate of drug-likeness (QED) is 0.503. The first-order chi connectivity index (χ1) is 16.1. The average molecular weight is 442 g/mol. The van der Waals surface area contributed by atoms with E-state index in [1.165, 1.54) is 0 Å². The molecular weight excluding hydrogens is 414 g/mol. The number of amides is 1. The summed E-state index contributed by atoms with van der Waals surface area (Å²) in [6.45, 7) is 2.87. The second-order valence-electron chi connectivity index (χ2n) is 8.37. The van der Waals surface area contributed by atoms with Gasteiger partial charge >= 0.3 is 0 Å². The summed E-state index contributed by atoms with van der Waals surface area (Å²) >= 11 is 0. The van der Waals surface area contributed by atoms with Crippen molar-refractivity contribution in [2.75, 3.05) is 30.7 Å². The highest BCUT2D eigenvalue weighted by molar-refractivity contribution is 6.05. The van der Waals surface area contributed by atoms with Crippen LogP contribution >= 0.6 is 0 Å². The van der Waals surface area contributed by atoms with Crippen molar-refractivity contribution in [3.8, 4) is 17.3 Å². The van der Waals surface area contributed by atoms with E-state index in [2.05, 4.69) is 21.3 Å². The minimum absolute atomic E-state index is 0.253. The van der Waals surface area contributed by atoms with Crippen LogP contribution in [-0.2, 0) is 6.54 Å². The number of nitrogens with zero attached hydrogens (tertiary/aromatic N) is 3. The molecule has 2 heterocycles. The molecule has 0 unspecified atom stereocenters. The molecule has 33 heavy (non-hydrogen) atoms. The maximum Gasteiger partial charge on any atom is 0.255 e. The molecule has 7 nitrogen and oxygen atoms in total. The van der Waals surface area contributed by atoms with Gasteiger partial charge in [0.2, 0.25) is 0 Å². The third-order valence-corrected chi connectivity index (χ3v) is 6.07. The van der Waals surface area contributed by atoms with Gasteiger partial charge in [0.1, 0.15) is 6.07 Å². The zero-order valence-corrected chi connectivity index (χ0v) is 18.4. The molecule has 1 aliphatic heterocycles. The molecule has 1 amide bonds. The molecule has 4 N–H and O–H groups in total. The molecule has 1 aliphatic rings. The summed E-state index contributed by atoms with van der Waals surface area (Å²) in [4.78, 5) is 19.5. The lowest BCUT2D eigenvalue weighted by Crippen LogP contribution is -2.34. The number of carbonyl (C=O) groups is 1. The van der Waals surface area contributed by atoms with Crippen molar-refractivity contribution < 1.29 is 9.90 Å². The van der Waals surface area contributed by atoms with E-state index in [0.717, 1.165) is 43.6 Å². The van der Waals surface area contributed by atoms with Crippen molar-refractivity contribution in [1.29, 1.82) is 5.26 Å². The number of rotatable bonds is 6. The number of anilines is 2. The number of nitrogens with one attached hydrogen (secondary N) is 1. The number of pyridine rings is 1. The Morgan fingerprint density at radius 1 is 1.18 bits per heavy atom. The highest BCUT2D eigenvalue weighted by Crippen LogP contribution is 2.25. The van der Waals surface area contributed by atoms with Crippen LogP contribution in [0.4, 0.5) is 11.4 Å². The number of benzene rings is 2. The summed E-state index contributed by atoms with van der Waals surface area (Å²) in [5, 5.41) is 21.8. The Kier molecular flexibility index (Phi) is 6.98. The van der Waals surface area contributed by atoms with E-state index in [1.54, 1.807) is 36.4 Å². The van der Waals surface area contributed by atoms with Crippen LogP contribution in [0.1, 0.15) is 34.3 Å². The Labute approximate surface area is 193 Å². The molecule has 0 bridgehead atoms. The molecular formula is C26H27N5O2. The highest BCUT2D eigenvalue weighted by Gasteiger charge is 2.19. The van der Waals surface area contributed by atoms with Crippen LogP contribution in [0.2, 0.25) is 0 Å². The zero-order valence-electron chi connectivity index (χ0n) is 18.4. The van der Waals surface area contributed by atoms with Gasteiger partial charge in [0.15, 0.2) is 0 Å². The molecule has 0 aliphatic carbocycles. The minimum atomic E-state index is -0.256. The van der Waals surface area contributed by atoms with Gasteiger partial charge in [0.05, 0.1) is 22.6 Å². The highest BCUT2D eigenvalue weighted by atomic mass is 16.3. The first-order valence-corrected chi connectivity index (χ1v) is 11.1. The van der Waals surface area contributed by atoms with Crippen molar-refractivity contribution in [3.05, 3.63) is 77.5 Å². The van der Waals surface area contributed by atoms with Gasteiger partial charge in [-0.25, -0.2) is 0 Å². The van der Waals surface area contributed by atoms with Crippen molar-refractivity contribution in [1.82, 2.24) is 9.88 Å². The number of nitrogen functional groups attached to an aromatic ring is 1. The lowest BCUT2D eigenvalue weighted by atomic mass is 9.97. The number of aliphatic hydroxyl groups excluding tert-OH is 1. The smallest absolute Gasteiger partial charge is 0.255 e. The number of hydrogen-bond donors (Lipinski definition) is 3. The second-order valence-corrected chi connectivity index (χ2v) is 8.37. The largest absolute Gasteiger partial charge is 0.397 e. The Morgan fingerprint density at radius 3 is 2.58 bits per heavy atom. The molecule has 168 valence electrons. The predicted molar refractivity (Wildman–Crippen MR) is 128 cm³/mol. The van der Waals surface area contributed by atoms with Crippen molar-refractivity contribution in [2.45, 2.75) is 19.4 Å². The number of piperidine rings is 1. The van der Waals surface area contributed by atoms with Gasteiger partial charge < -0.3 is 16.2 Å². The lowest BCUT2D eigenvalue weighted by molar-refractivity contribution is 0.102. The monoisotopic (exact) mass is 441 g/mol. The van der Waals surface area contributed by atoms with Crippen LogP contribution in [0.25, 0.3) is 11.3 Å². The first-order valence-electron chi connectivity index (χ1n) is 11.1. The number of aliphatic hydroxyl groups is 1. The summed E-state index contributed by atoms with van der Waals surface area (Å²) in [5.74, 6) is 0.139. The third kappa shape index (κ3) is 5.37. The molecule has 1 saturated heterocycles. The van der Waals surface area contributed by atoms with E-state index >= 15 is 0 Å². The molecule has 1 aromatic heterocycles. The number of nitrogens with two attached hydrogens (primary N) is 1. The van der Waals surface area contributed by atoms with Gasteiger partial charge in [-0.15, -0.1) is 0 Å². The normalized spacial score (nSPS) is 14.5. The maximum atomic E-state index is 12.6. The Hall–Kier alpha value is -3.73. The minimum Gasteiger partial charge on any atom is -0.397 e. The summed E-state index contributed by atoms with van der Waals surface area (Å²) in [7, 11) is 0. The fourth-order valence-corrected chi connectivity index (χ4v) is 4.08. The van der Waals surface area contributed by atoms with Gasteiger partial charge in [-0.3, -0.25) is 14.7 Å². The Bertz CT molecular complexity index is 1160. The van der Waals surface area contributed by atoms with Crippen LogP contribution in [-0.4, -0.2) is 40.6 Å². The fourth-order valence-electron chi connectivity index (χ4n) is 4.08. The molecule has 7 heteroatoms. The number of nitriles is 1. The summed E-state index contributed by atoms with van der Waals surface area (Å²) in [5.41, 5.74) is 10.3. The van der Waals surface area contributed by atoms with Gasteiger partial charge in [0.25, 0.3) is 5.91 Å². The van der Waals surface area contributed by atoms with Crippen LogP contribution in [0, 0.1) is 17.2 Å². The maximum absolute atomic E-state index is 12.6. The number of carbonyl (C=O) groups excluding carboxylic acids is 1. The number of para-hydroxylation sites is 2. The summed E-state index contributed by atoms with van der Waals surface area (Å²) in [6, 6.07) is 18.3. The van der Waals surface area contributed by atoms with Gasteiger partial charge in [-0.05, 0) is 67.7 Å². The molecule has 0 atom stereocenters. The number of hydrogen-bond acceptors (Lipinski definition) is 6. The molecule has 0 saturated carbocycles. The van der Waals surface area contributed by atoms with Crippen LogP contribution in [0.15, 0.2) is 60.8 Å². The van der Waals surface area contributed by atoms with Crippen molar-refractivity contribution in [3.63, 3.8) is 0 Å². The lowest BCUT2D eigenvalue weighted by Gasteiger charge is -2.31. The number of aromatic nitrogens is 1. The topological polar surface area (TPSA) is 115 Å². The van der Waals surface area contributed by atoms with Crippen LogP contribution < -0.4 is 11.1 Å². The van der Waals surface area contributed by atoms with E-state index in [0.29, 0.717) is 34.1 Å². The molecule has 0 spiro atoms. The van der Waals surface area contributed by atoms with Crippen molar-refractivity contribution >= 4 is 17.3 Å². The number of likely N-dealkylation sites (tertiary alicyclic amines) is 1. The summed E-state index contributed by atoms with van der Waals surface area (Å²) in [6.07, 6.45) is 3.79. The van der Waals surface area contributed by atoms with E-state index in [9.17, 15) is 15.2 Å². The van der Waals surface area contributed by atoms with Gasteiger partial charge in [0, 0.05) is 30.5 Å². The second kappa shape index (κ2) is 10.3. The Balaban J connectivity index is 1.45. The SMILES string of the molecule is N#Cc1cc(CN2CCC(CO)CC2)cnc1-c1ccc(C(=O)Nc2ccccc2N)cc1. The fraction of sp³-hybridized carbons (Fsp3) is 0.269. The van der Waals surface area contributed by atoms with E-state index < -0.39 is 0 Å². The average Bonchev–Trinajstić information content (AvgIpc) is 2.86.